The van der Waals surface area contributed by atoms with Gasteiger partial charge in [0.2, 0.25) is 5.91 Å². The van der Waals surface area contributed by atoms with Gasteiger partial charge in [0.1, 0.15) is 23.2 Å². The maximum Gasteiger partial charge on any atom is 0.451 e. The Morgan fingerprint density at radius 1 is 1.28 bits per heavy atom. The summed E-state index contributed by atoms with van der Waals surface area (Å²) in [5, 5.41) is 41.0. The minimum absolute atomic E-state index is 0.0249. The van der Waals surface area contributed by atoms with Crippen molar-refractivity contribution in [3.05, 3.63) is 23.3 Å². The number of phenols is 1. The highest BCUT2D eigenvalue weighted by Crippen LogP contribution is 2.34. The number of hydrogen-bond acceptors (Lipinski definition) is 7. The Bertz CT molecular complexity index is 746. The third-order valence-corrected chi connectivity index (χ3v) is 5.47. The van der Waals surface area contributed by atoms with Crippen LogP contribution < -0.4 is 10.1 Å². The van der Waals surface area contributed by atoms with Crippen LogP contribution in [-0.2, 0) is 11.2 Å². The van der Waals surface area contributed by atoms with Gasteiger partial charge in [-0.2, -0.15) is 0 Å². The van der Waals surface area contributed by atoms with Crippen LogP contribution in [0.3, 0.4) is 0 Å². The number of carboxylic acid groups (broad SMARTS) is 1. The highest BCUT2D eigenvalue weighted by molar-refractivity contribution is 6.41. The average Bonchev–Trinajstić information content (AvgIpc) is 3.14. The third kappa shape index (κ3) is 5.40. The Morgan fingerprint density at radius 3 is 2.66 bits per heavy atom. The lowest BCUT2D eigenvalue weighted by Gasteiger charge is -2.39. The van der Waals surface area contributed by atoms with E-state index in [1.54, 1.807) is 4.90 Å². The van der Waals surface area contributed by atoms with Crippen molar-refractivity contribution in [2.75, 3.05) is 19.6 Å². The van der Waals surface area contributed by atoms with Crippen molar-refractivity contribution < 1.29 is 34.6 Å². The van der Waals surface area contributed by atoms with Gasteiger partial charge < -0.3 is 35.2 Å². The molecule has 0 saturated carbocycles. The standard InChI is InChI=1S/C19H27BN2O7/c23-16(6-4-13-2-1-9-21-13)22-10-14(11-22)29-15-5-3-12(7-8-20(27)28)18(24)17(15)19(25)26/h3,5,13-14,21,24,27-28H,1-2,4,6-11H2,(H,25,26). The number of carboxylic acids is 1. The highest BCUT2D eigenvalue weighted by Gasteiger charge is 2.34. The summed E-state index contributed by atoms with van der Waals surface area (Å²) in [5.74, 6) is -1.67. The summed E-state index contributed by atoms with van der Waals surface area (Å²) in [6.45, 7) is 1.78. The number of carbonyl (C=O) groups excluding carboxylic acids is 1. The van der Waals surface area contributed by atoms with Gasteiger partial charge >= 0.3 is 13.1 Å². The summed E-state index contributed by atoms with van der Waals surface area (Å²) in [6.07, 6.45) is 3.32. The monoisotopic (exact) mass is 406 g/mol. The van der Waals surface area contributed by atoms with Gasteiger partial charge in [0.05, 0.1) is 13.1 Å². The zero-order valence-corrected chi connectivity index (χ0v) is 16.2. The molecule has 3 rings (SSSR count). The van der Waals surface area contributed by atoms with Crippen molar-refractivity contribution in [2.45, 2.75) is 50.6 Å². The van der Waals surface area contributed by atoms with Crippen molar-refractivity contribution in [3.63, 3.8) is 0 Å². The molecule has 2 aliphatic heterocycles. The number of nitrogens with one attached hydrogen (secondary N) is 1. The van der Waals surface area contributed by atoms with E-state index in [9.17, 15) is 19.8 Å². The maximum atomic E-state index is 12.2. The lowest BCUT2D eigenvalue weighted by Crippen LogP contribution is -2.56. The Morgan fingerprint density at radius 2 is 2.03 bits per heavy atom. The van der Waals surface area contributed by atoms with Crippen molar-refractivity contribution in [2.24, 2.45) is 0 Å². The Hall–Kier alpha value is -2.30. The molecular weight excluding hydrogens is 379 g/mol. The number of rotatable bonds is 9. The van der Waals surface area contributed by atoms with Gasteiger partial charge in [0.25, 0.3) is 0 Å². The molecule has 1 aromatic rings. The second kappa shape index (κ2) is 9.47. The summed E-state index contributed by atoms with van der Waals surface area (Å²) in [5.41, 5.74) is -0.0548. The number of hydrogen-bond donors (Lipinski definition) is 5. The molecule has 0 bridgehead atoms. The summed E-state index contributed by atoms with van der Waals surface area (Å²) >= 11 is 0. The van der Waals surface area contributed by atoms with E-state index in [-0.39, 0.29) is 36.1 Å². The molecule has 1 unspecified atom stereocenters. The average molecular weight is 406 g/mol. The first-order chi connectivity index (χ1) is 13.8. The second-order valence-electron chi connectivity index (χ2n) is 7.64. The molecule has 5 N–H and O–H groups in total. The van der Waals surface area contributed by atoms with Crippen molar-refractivity contribution in [3.8, 4) is 11.5 Å². The predicted octanol–water partition coefficient (Wildman–Crippen LogP) is 0.227. The quantitative estimate of drug-likeness (QED) is 0.367. The van der Waals surface area contributed by atoms with Crippen LogP contribution >= 0.6 is 0 Å². The molecule has 10 heteroatoms. The zero-order chi connectivity index (χ0) is 21.0. The molecule has 0 aliphatic carbocycles. The van der Waals surface area contributed by atoms with Crippen LogP contribution in [0.1, 0.15) is 41.6 Å². The molecule has 2 fully saturated rings. The minimum Gasteiger partial charge on any atom is -0.507 e. The number of benzene rings is 1. The summed E-state index contributed by atoms with van der Waals surface area (Å²) in [7, 11) is -1.54. The lowest BCUT2D eigenvalue weighted by molar-refractivity contribution is -0.140. The van der Waals surface area contributed by atoms with E-state index >= 15 is 0 Å². The first-order valence-electron chi connectivity index (χ1n) is 9.97. The first kappa shape index (κ1) is 21.4. The van der Waals surface area contributed by atoms with Crippen LogP contribution in [0.15, 0.2) is 12.1 Å². The van der Waals surface area contributed by atoms with Gasteiger partial charge in [-0.15, -0.1) is 0 Å². The van der Waals surface area contributed by atoms with Crippen molar-refractivity contribution >= 4 is 19.0 Å². The number of nitrogens with zero attached hydrogens (tertiary/aromatic N) is 1. The molecule has 9 nitrogen and oxygen atoms in total. The molecule has 1 atom stereocenters. The van der Waals surface area contributed by atoms with Crippen molar-refractivity contribution in [1.29, 1.82) is 0 Å². The number of amides is 1. The normalized spacial score (nSPS) is 19.1. The van der Waals surface area contributed by atoms with Crippen LogP contribution in [0, 0.1) is 0 Å². The Labute approximate surface area is 169 Å². The van der Waals surface area contributed by atoms with E-state index in [0.29, 0.717) is 31.1 Å². The highest BCUT2D eigenvalue weighted by atomic mass is 16.5. The van der Waals surface area contributed by atoms with Crippen LogP contribution in [0.4, 0.5) is 0 Å². The van der Waals surface area contributed by atoms with Crippen LogP contribution in [0.2, 0.25) is 6.32 Å². The molecule has 0 spiro atoms. The Kier molecular flexibility index (Phi) is 6.99. The molecular formula is C19H27BN2O7. The number of carbonyl (C=O) groups is 2. The smallest absolute Gasteiger partial charge is 0.451 e. The van der Waals surface area contributed by atoms with Gasteiger partial charge in [0.15, 0.2) is 0 Å². The molecule has 0 radical (unpaired) electrons. The van der Waals surface area contributed by atoms with Gasteiger partial charge in [-0.05, 0) is 50.2 Å². The summed E-state index contributed by atoms with van der Waals surface area (Å²) in [6, 6.07) is 3.38. The molecule has 2 aliphatic rings. The molecule has 1 amide bonds. The fourth-order valence-corrected chi connectivity index (χ4v) is 3.76. The largest absolute Gasteiger partial charge is 0.507 e. The molecule has 1 aromatic carbocycles. The number of aryl methyl sites for hydroxylation is 1. The van der Waals surface area contributed by atoms with Gasteiger partial charge in [0, 0.05) is 12.5 Å². The van der Waals surface area contributed by atoms with Crippen LogP contribution in [-0.4, -0.2) is 75.9 Å². The number of ether oxygens (including phenoxy) is 1. The number of likely N-dealkylation sites (tertiary alicyclic amines) is 1. The maximum absolute atomic E-state index is 12.2. The third-order valence-electron chi connectivity index (χ3n) is 5.47. The molecule has 2 saturated heterocycles. The van der Waals surface area contributed by atoms with Gasteiger partial charge in [-0.1, -0.05) is 6.07 Å². The van der Waals surface area contributed by atoms with E-state index in [0.717, 1.165) is 25.8 Å². The molecule has 0 aromatic heterocycles. The van der Waals surface area contributed by atoms with Gasteiger partial charge in [-0.3, -0.25) is 4.79 Å². The predicted molar refractivity (Wildman–Crippen MR) is 105 cm³/mol. The number of aromatic hydroxyl groups is 1. The van der Waals surface area contributed by atoms with E-state index < -0.39 is 18.8 Å². The van der Waals surface area contributed by atoms with E-state index in [4.69, 9.17) is 14.8 Å². The second-order valence-corrected chi connectivity index (χ2v) is 7.64. The fraction of sp³-hybridized carbons (Fsp3) is 0.579. The van der Waals surface area contributed by atoms with Crippen LogP contribution in [0.25, 0.3) is 0 Å². The summed E-state index contributed by atoms with van der Waals surface area (Å²) in [4.78, 5) is 25.5. The Balaban J connectivity index is 1.54. The molecule has 29 heavy (non-hydrogen) atoms. The first-order valence-corrected chi connectivity index (χ1v) is 9.97. The van der Waals surface area contributed by atoms with E-state index in [2.05, 4.69) is 5.32 Å². The van der Waals surface area contributed by atoms with E-state index in [1.807, 2.05) is 0 Å². The van der Waals surface area contributed by atoms with Crippen molar-refractivity contribution in [1.82, 2.24) is 10.2 Å². The fourth-order valence-electron chi connectivity index (χ4n) is 3.76. The topological polar surface area (TPSA) is 140 Å². The van der Waals surface area contributed by atoms with Crippen LogP contribution in [0.5, 0.6) is 11.5 Å². The van der Waals surface area contributed by atoms with E-state index in [1.165, 1.54) is 12.1 Å². The number of aromatic carboxylic acids is 1. The molecule has 158 valence electrons. The SMILES string of the molecule is O=C(O)c1c(OC2CN(C(=O)CCC3CCCN3)C2)ccc(CCB(O)O)c1O. The van der Waals surface area contributed by atoms with Gasteiger partial charge in [-0.25, -0.2) is 4.79 Å². The minimum atomic E-state index is -1.54. The summed E-state index contributed by atoms with van der Waals surface area (Å²) < 4.78 is 5.72. The lowest BCUT2D eigenvalue weighted by atomic mass is 9.82. The zero-order valence-electron chi connectivity index (χ0n) is 16.2. The molecule has 2 heterocycles.